The van der Waals surface area contributed by atoms with Gasteiger partial charge in [0.15, 0.2) is 0 Å². The van der Waals surface area contributed by atoms with Gasteiger partial charge in [0, 0.05) is 46.1 Å². The van der Waals surface area contributed by atoms with Crippen molar-refractivity contribution >= 4 is 33.8 Å². The fraction of sp³-hybridized carbons (Fsp3) is 0.235. The summed E-state index contributed by atoms with van der Waals surface area (Å²) < 4.78 is 0. The Balaban J connectivity index is 2.09. The smallest absolute Gasteiger partial charge is 0.0726 e. The van der Waals surface area contributed by atoms with Crippen molar-refractivity contribution in [3.63, 3.8) is 0 Å². The van der Waals surface area contributed by atoms with Gasteiger partial charge in [-0.15, -0.1) is 11.3 Å². The van der Waals surface area contributed by atoms with Crippen molar-refractivity contribution in [3.8, 4) is 10.4 Å². The van der Waals surface area contributed by atoms with Crippen LogP contribution in [0.3, 0.4) is 0 Å². The van der Waals surface area contributed by atoms with Crippen molar-refractivity contribution in [3.05, 3.63) is 52.0 Å². The lowest BCUT2D eigenvalue weighted by Crippen LogP contribution is -2.27. The highest BCUT2D eigenvalue weighted by molar-refractivity contribution is 7.13. The number of nitrogens with zero attached hydrogens (tertiary/aromatic N) is 2. The second-order valence-electron chi connectivity index (χ2n) is 5.54. The first-order valence-electron chi connectivity index (χ1n) is 7.06. The third kappa shape index (κ3) is 2.26. The molecule has 0 spiro atoms. The van der Waals surface area contributed by atoms with Gasteiger partial charge in [-0.05, 0) is 36.2 Å². The lowest BCUT2D eigenvalue weighted by Gasteiger charge is -2.27. The molecule has 0 amide bonds. The molecule has 4 heteroatoms. The predicted molar refractivity (Wildman–Crippen MR) is 90.1 cm³/mol. The van der Waals surface area contributed by atoms with E-state index in [1.807, 2.05) is 12.1 Å². The second kappa shape index (κ2) is 5.09. The number of pyridine rings is 1. The van der Waals surface area contributed by atoms with Gasteiger partial charge in [0.2, 0.25) is 0 Å². The van der Waals surface area contributed by atoms with Crippen LogP contribution in [0.2, 0.25) is 5.02 Å². The molecule has 0 atom stereocenters. The van der Waals surface area contributed by atoms with E-state index < -0.39 is 0 Å². The molecule has 2 nitrogen and oxygen atoms in total. The van der Waals surface area contributed by atoms with Crippen molar-refractivity contribution in [1.82, 2.24) is 9.88 Å². The first kappa shape index (κ1) is 13.3. The maximum absolute atomic E-state index is 6.16. The molecule has 0 N–H and O–H groups in total. The summed E-state index contributed by atoms with van der Waals surface area (Å²) in [4.78, 5) is 8.56. The Bertz CT molecular complexity index is 811. The maximum atomic E-state index is 6.16. The van der Waals surface area contributed by atoms with Gasteiger partial charge < -0.3 is 4.90 Å². The van der Waals surface area contributed by atoms with Gasteiger partial charge in [0.1, 0.15) is 0 Å². The van der Waals surface area contributed by atoms with Crippen molar-refractivity contribution in [2.24, 2.45) is 0 Å². The Labute approximate surface area is 133 Å². The van der Waals surface area contributed by atoms with Gasteiger partial charge in [-0.2, -0.15) is 0 Å². The molecular weight excluding hydrogens is 300 g/mol. The number of hydrogen-bond donors (Lipinski definition) is 0. The molecule has 0 saturated heterocycles. The minimum atomic E-state index is 0.750. The number of rotatable bonds is 1. The molecule has 2 aromatic heterocycles. The summed E-state index contributed by atoms with van der Waals surface area (Å²) in [5, 5.41) is 4.09. The maximum Gasteiger partial charge on any atom is 0.0726 e. The Kier molecular flexibility index (Phi) is 3.21. The molecule has 0 radical (unpaired) electrons. The van der Waals surface area contributed by atoms with Crippen molar-refractivity contribution in [2.75, 3.05) is 13.6 Å². The van der Waals surface area contributed by atoms with Gasteiger partial charge in [-0.25, -0.2) is 0 Å². The number of aromatic nitrogens is 1. The van der Waals surface area contributed by atoms with E-state index in [0.717, 1.165) is 30.0 Å². The molecule has 106 valence electrons. The third-order valence-corrected chi connectivity index (χ3v) is 5.18. The zero-order chi connectivity index (χ0) is 14.4. The van der Waals surface area contributed by atoms with E-state index in [1.165, 1.54) is 27.1 Å². The average molecular weight is 315 g/mol. The minimum absolute atomic E-state index is 0.750. The highest BCUT2D eigenvalue weighted by Gasteiger charge is 2.22. The van der Waals surface area contributed by atoms with E-state index >= 15 is 0 Å². The van der Waals surface area contributed by atoms with Gasteiger partial charge in [0.25, 0.3) is 0 Å². The van der Waals surface area contributed by atoms with E-state index in [0.29, 0.717) is 0 Å². The van der Waals surface area contributed by atoms with Gasteiger partial charge >= 0.3 is 0 Å². The lowest BCUT2D eigenvalue weighted by atomic mass is 9.95. The van der Waals surface area contributed by atoms with E-state index in [1.54, 1.807) is 11.3 Å². The fourth-order valence-electron chi connectivity index (χ4n) is 3.05. The Morgan fingerprint density at radius 1 is 1.29 bits per heavy atom. The van der Waals surface area contributed by atoms with Crippen LogP contribution in [0.1, 0.15) is 11.3 Å². The number of halogens is 1. The van der Waals surface area contributed by atoms with Crippen LogP contribution in [0.4, 0.5) is 0 Å². The number of hydrogen-bond acceptors (Lipinski definition) is 3. The van der Waals surface area contributed by atoms with Crippen LogP contribution < -0.4 is 0 Å². The topological polar surface area (TPSA) is 16.1 Å². The summed E-state index contributed by atoms with van der Waals surface area (Å²) >= 11 is 7.95. The van der Waals surface area contributed by atoms with Gasteiger partial charge in [0.05, 0.1) is 5.52 Å². The highest BCUT2D eigenvalue weighted by Crippen LogP contribution is 2.38. The quantitative estimate of drug-likeness (QED) is 0.652. The zero-order valence-electron chi connectivity index (χ0n) is 11.8. The van der Waals surface area contributed by atoms with Crippen LogP contribution in [0.15, 0.2) is 35.7 Å². The third-order valence-electron chi connectivity index (χ3n) is 4.06. The Morgan fingerprint density at radius 2 is 2.19 bits per heavy atom. The van der Waals surface area contributed by atoms with Gasteiger partial charge in [-0.3, -0.25) is 4.98 Å². The normalized spacial score (nSPS) is 15.3. The largest absolute Gasteiger partial charge is 0.302 e. The predicted octanol–water partition coefficient (Wildman–Crippen LogP) is 4.60. The number of fused-ring (bicyclic) bond motifs is 2. The minimum Gasteiger partial charge on any atom is -0.302 e. The first-order chi connectivity index (χ1) is 10.2. The summed E-state index contributed by atoms with van der Waals surface area (Å²) in [5.41, 5.74) is 4.95. The molecule has 4 rings (SSSR count). The summed E-state index contributed by atoms with van der Waals surface area (Å²) in [6.45, 7) is 2.03. The SMILES string of the molecule is CN1CCc2nc3cc(Cl)ccc3c(-c3cccs3)c2C1. The van der Waals surface area contributed by atoms with Gasteiger partial charge in [-0.1, -0.05) is 23.7 Å². The number of thiophene rings is 1. The molecule has 0 aliphatic carbocycles. The monoisotopic (exact) mass is 314 g/mol. The van der Waals surface area contributed by atoms with E-state index in [2.05, 4.69) is 35.5 Å². The zero-order valence-corrected chi connectivity index (χ0v) is 13.3. The van der Waals surface area contributed by atoms with E-state index in [4.69, 9.17) is 16.6 Å². The van der Waals surface area contributed by atoms with Crippen LogP contribution in [0, 0.1) is 0 Å². The summed E-state index contributed by atoms with van der Waals surface area (Å²) in [6, 6.07) is 10.4. The lowest BCUT2D eigenvalue weighted by molar-refractivity contribution is 0.311. The molecule has 0 saturated carbocycles. The number of benzene rings is 1. The van der Waals surface area contributed by atoms with Crippen LogP contribution in [0.25, 0.3) is 21.3 Å². The molecule has 0 fully saturated rings. The molecule has 3 aromatic rings. The summed E-state index contributed by atoms with van der Waals surface area (Å²) in [5.74, 6) is 0. The molecule has 1 aliphatic rings. The van der Waals surface area contributed by atoms with Crippen LogP contribution >= 0.6 is 22.9 Å². The summed E-state index contributed by atoms with van der Waals surface area (Å²) in [7, 11) is 2.17. The standard InChI is InChI=1S/C17H15ClN2S/c1-20-7-6-14-13(10-20)17(16-3-2-8-21-16)12-5-4-11(18)9-15(12)19-14/h2-5,8-9H,6-7,10H2,1H3. The molecule has 1 aromatic carbocycles. The summed E-state index contributed by atoms with van der Waals surface area (Å²) in [6.07, 6.45) is 1.01. The van der Waals surface area contributed by atoms with Crippen LogP contribution in [-0.4, -0.2) is 23.5 Å². The molecule has 0 unspecified atom stereocenters. The fourth-order valence-corrected chi connectivity index (χ4v) is 4.03. The Hall–Kier alpha value is -1.42. The molecule has 21 heavy (non-hydrogen) atoms. The first-order valence-corrected chi connectivity index (χ1v) is 8.31. The van der Waals surface area contributed by atoms with Crippen molar-refractivity contribution < 1.29 is 0 Å². The van der Waals surface area contributed by atoms with E-state index in [-0.39, 0.29) is 0 Å². The second-order valence-corrected chi connectivity index (χ2v) is 6.92. The average Bonchev–Trinajstić information content (AvgIpc) is 2.98. The molecular formula is C17H15ClN2S. The Morgan fingerprint density at radius 3 is 3.00 bits per heavy atom. The van der Waals surface area contributed by atoms with Crippen molar-refractivity contribution in [2.45, 2.75) is 13.0 Å². The number of likely N-dealkylation sites (N-methyl/N-ethyl adjacent to an activating group) is 1. The molecule has 3 heterocycles. The molecule has 0 bridgehead atoms. The van der Waals surface area contributed by atoms with E-state index in [9.17, 15) is 0 Å². The molecule has 1 aliphatic heterocycles. The highest BCUT2D eigenvalue weighted by atomic mass is 35.5. The van der Waals surface area contributed by atoms with Crippen molar-refractivity contribution in [1.29, 1.82) is 0 Å². The van der Waals surface area contributed by atoms with Crippen LogP contribution in [0.5, 0.6) is 0 Å². The van der Waals surface area contributed by atoms with Crippen LogP contribution in [-0.2, 0) is 13.0 Å².